The van der Waals surface area contributed by atoms with Gasteiger partial charge in [0.25, 0.3) is 0 Å². The topological polar surface area (TPSA) is 52.7 Å². The van der Waals surface area contributed by atoms with E-state index in [0.717, 1.165) is 39.2 Å². The Hall–Kier alpha value is -8.03. The first-order chi connectivity index (χ1) is 35.1. The minimum Gasteiger partial charge on any atom is -0.439 e. The first kappa shape index (κ1) is 32.6. The van der Waals surface area contributed by atoms with E-state index in [1.807, 2.05) is 109 Å². The van der Waals surface area contributed by atoms with E-state index in [0.29, 0.717) is 34.1 Å². The summed E-state index contributed by atoms with van der Waals surface area (Å²) in [7, 11) is 0. The number of anilines is 8. The van der Waals surface area contributed by atoms with E-state index < -0.39 is 25.0 Å². The molecule has 0 spiro atoms. The minimum atomic E-state index is -2.54. The zero-order valence-electron chi connectivity index (χ0n) is 44.2. The van der Waals surface area contributed by atoms with E-state index in [1.54, 1.807) is 24.3 Å². The molecule has 0 saturated carbocycles. The van der Waals surface area contributed by atoms with E-state index in [9.17, 15) is 0 Å². The van der Waals surface area contributed by atoms with Gasteiger partial charge in [-0.25, -0.2) is 0 Å². The number of nitrogens with zero attached hydrogens (tertiary/aromatic N) is 3. The maximum Gasteiger partial charge on any atom is 0.421 e. The van der Waals surface area contributed by atoms with Crippen LogP contribution in [-0.4, -0.2) is 12.0 Å². The van der Waals surface area contributed by atoms with E-state index in [-0.39, 0.29) is 47.2 Å². The molecule has 0 unspecified atom stereocenters. The molecule has 2 N–H and O–H groups in total. The molecule has 0 fully saturated rings. The number of fused-ring (bicyclic) bond motifs is 1. The smallest absolute Gasteiger partial charge is 0.421 e. The van der Waals surface area contributed by atoms with Crippen molar-refractivity contribution in [1.82, 2.24) is 4.98 Å². The summed E-state index contributed by atoms with van der Waals surface area (Å²) >= 11 is 0. The second kappa shape index (κ2) is 17.6. The first-order valence-corrected chi connectivity index (χ1v) is 21.6. The molecule has 7 heteroatoms. The molecule has 10 rings (SSSR count). The van der Waals surface area contributed by atoms with Gasteiger partial charge in [-0.2, -0.15) is 4.98 Å². The van der Waals surface area contributed by atoms with Crippen molar-refractivity contribution in [1.29, 1.82) is 0 Å². The summed E-state index contributed by atoms with van der Waals surface area (Å²) < 4.78 is 75.6. The molecule has 0 aliphatic carbocycles. The Morgan fingerprint density at radius 3 is 1.97 bits per heavy atom. The zero-order chi connectivity index (χ0) is 51.2. The Balaban J connectivity index is 1.03. The summed E-state index contributed by atoms with van der Waals surface area (Å²) in [5.41, 5.74) is 9.23. The number of rotatable bonds is 11. The predicted molar refractivity (Wildman–Crippen MR) is 274 cm³/mol. The van der Waals surface area contributed by atoms with Crippen molar-refractivity contribution >= 4 is 58.1 Å². The fraction of sp³-hybridized carbons (Fsp3) is 0.0862. The van der Waals surface area contributed by atoms with E-state index in [2.05, 4.69) is 89.6 Å². The van der Waals surface area contributed by atoms with E-state index in [4.69, 9.17) is 20.7 Å². The summed E-state index contributed by atoms with van der Waals surface area (Å²) in [5, 5.41) is 7.10. The number of aromatic nitrogens is 1. The lowest BCUT2D eigenvalue weighted by atomic mass is 9.65. The maximum atomic E-state index is 8.99. The summed E-state index contributed by atoms with van der Waals surface area (Å²) in [6.07, 6.45) is 0. The van der Waals surface area contributed by atoms with Crippen LogP contribution in [0.3, 0.4) is 0 Å². The fourth-order valence-corrected chi connectivity index (χ4v) is 8.35. The van der Waals surface area contributed by atoms with Gasteiger partial charge in [0.05, 0.1) is 35.3 Å². The lowest BCUT2D eigenvalue weighted by molar-refractivity contribution is 0.460. The van der Waals surface area contributed by atoms with Crippen LogP contribution < -0.4 is 30.5 Å². The van der Waals surface area contributed by atoms with Gasteiger partial charge in [-0.15, -0.1) is 0 Å². The second-order valence-electron chi connectivity index (χ2n) is 16.9. The van der Waals surface area contributed by atoms with Crippen LogP contribution in [0.4, 0.5) is 45.6 Å². The van der Waals surface area contributed by atoms with Crippen LogP contribution in [0, 0.1) is 6.85 Å². The Morgan fingerprint density at radius 1 is 0.585 bits per heavy atom. The highest BCUT2D eigenvalue weighted by Crippen LogP contribution is 2.46. The molecule has 0 radical (unpaired) electrons. The standard InChI is InChI=1S/C58H50BN5O/c1-41-37-38-46(60-50-31-14-15-32-51(50)61-57-48(42-21-8-5-9-22-42)29-19-30-49(57)43-23-18-24-44(39-43)58(2,3)4)40-54(41)65-56-36-20-35-55(62-56)64-53-34-17-16-33-52(53)63(47-27-12-7-13-28-47)59(64)45-25-10-6-11-26-45/h5-40,60-61H,1-4H3/i1D3,5D,8D,9D,21D,22D. The van der Waals surface area contributed by atoms with Crippen LogP contribution in [0.25, 0.3) is 22.3 Å². The third kappa shape index (κ3) is 8.44. The Morgan fingerprint density at radius 2 is 1.23 bits per heavy atom. The molecule has 65 heavy (non-hydrogen) atoms. The van der Waals surface area contributed by atoms with Crippen LogP contribution in [0.2, 0.25) is 0 Å². The number of nitrogens with one attached hydrogen (secondary N) is 2. The second-order valence-corrected chi connectivity index (χ2v) is 16.9. The Kier molecular flexibility index (Phi) is 8.84. The summed E-state index contributed by atoms with van der Waals surface area (Å²) in [5.74, 6) is 0.868. The van der Waals surface area contributed by atoms with Crippen LogP contribution in [0.1, 0.15) is 42.9 Å². The third-order valence-electron chi connectivity index (χ3n) is 11.5. The first-order valence-electron chi connectivity index (χ1n) is 25.6. The van der Waals surface area contributed by atoms with Gasteiger partial charge in [0.2, 0.25) is 5.88 Å². The van der Waals surface area contributed by atoms with Crippen molar-refractivity contribution in [2.75, 3.05) is 20.3 Å². The number of para-hydroxylation sites is 6. The summed E-state index contributed by atoms with van der Waals surface area (Å²) in [4.78, 5) is 9.52. The summed E-state index contributed by atoms with van der Waals surface area (Å²) in [6.45, 7) is 3.55. The normalized spacial score (nSPS) is 14.2. The largest absolute Gasteiger partial charge is 0.439 e. The van der Waals surface area contributed by atoms with Crippen molar-refractivity contribution in [3.63, 3.8) is 0 Å². The number of pyridine rings is 1. The van der Waals surface area contributed by atoms with Gasteiger partial charge in [0.1, 0.15) is 11.6 Å². The van der Waals surface area contributed by atoms with Gasteiger partial charge >= 0.3 is 6.98 Å². The van der Waals surface area contributed by atoms with Gasteiger partial charge in [-0.3, -0.25) is 0 Å². The molecule has 6 nitrogen and oxygen atoms in total. The molecule has 9 aromatic rings. The Labute approximate surface area is 394 Å². The van der Waals surface area contributed by atoms with Crippen LogP contribution in [0.5, 0.6) is 11.6 Å². The fourth-order valence-electron chi connectivity index (χ4n) is 8.35. The molecule has 0 bridgehead atoms. The van der Waals surface area contributed by atoms with Crippen molar-refractivity contribution in [2.45, 2.75) is 33.0 Å². The lowest BCUT2D eigenvalue weighted by Crippen LogP contribution is -2.53. The quantitative estimate of drug-likeness (QED) is 0.126. The average molecular weight is 852 g/mol. The van der Waals surface area contributed by atoms with Crippen LogP contribution in [0.15, 0.2) is 218 Å². The van der Waals surface area contributed by atoms with Crippen molar-refractivity contribution in [2.24, 2.45) is 0 Å². The molecule has 0 saturated heterocycles. The number of ether oxygens (including phenoxy) is 1. The van der Waals surface area contributed by atoms with Crippen molar-refractivity contribution in [3.8, 4) is 33.9 Å². The van der Waals surface area contributed by atoms with Crippen molar-refractivity contribution < 1.29 is 15.7 Å². The number of hydrogen-bond acceptors (Lipinski definition) is 6. The molecular formula is C58H50BN5O. The molecule has 8 aromatic carbocycles. The average Bonchev–Trinajstić information content (AvgIpc) is 3.74. The predicted octanol–water partition coefficient (Wildman–Crippen LogP) is 15.0. The van der Waals surface area contributed by atoms with E-state index in [1.165, 1.54) is 6.07 Å². The van der Waals surface area contributed by atoms with Crippen LogP contribution in [-0.2, 0) is 5.41 Å². The molecule has 1 aromatic heterocycles. The van der Waals surface area contributed by atoms with Gasteiger partial charge in [-0.1, -0.05) is 178 Å². The molecular weight excluding hydrogens is 793 g/mol. The minimum absolute atomic E-state index is 0.00438. The highest BCUT2D eigenvalue weighted by Gasteiger charge is 2.44. The zero-order valence-corrected chi connectivity index (χ0v) is 36.2. The maximum absolute atomic E-state index is 8.99. The number of benzene rings is 8. The number of aryl methyl sites for hydroxylation is 1. The summed E-state index contributed by atoms with van der Waals surface area (Å²) in [6, 6.07) is 58.2. The Bertz CT molecular complexity index is 3490. The molecule has 1 aliphatic rings. The SMILES string of the molecule is [2H]c1c([2H])c([2H])c(-c2cccc(-c3cccc(C(C)(C)C)c3)c2Nc2ccccc2Nc2ccc(C([2H])([2H])[2H])c(Oc3cccc(N4B(c5ccccc5)N(c5ccccc5)c5ccccc54)n3)c2)c([2H])c1[2H]. The van der Waals surface area contributed by atoms with Gasteiger partial charge in [0.15, 0.2) is 0 Å². The lowest BCUT2D eigenvalue weighted by Gasteiger charge is -2.29. The molecule has 0 atom stereocenters. The molecule has 2 heterocycles. The van der Waals surface area contributed by atoms with Gasteiger partial charge < -0.3 is 25.0 Å². The van der Waals surface area contributed by atoms with Crippen LogP contribution >= 0.6 is 0 Å². The third-order valence-corrected chi connectivity index (χ3v) is 11.5. The highest BCUT2D eigenvalue weighted by atomic mass is 16.5. The van der Waals surface area contributed by atoms with Gasteiger partial charge in [-0.05, 0) is 88.5 Å². The molecule has 0 amide bonds. The van der Waals surface area contributed by atoms with E-state index >= 15 is 0 Å². The van der Waals surface area contributed by atoms with Crippen molar-refractivity contribution in [3.05, 3.63) is 229 Å². The molecule has 316 valence electrons. The number of hydrogen-bond donors (Lipinski definition) is 2. The molecule has 1 aliphatic heterocycles. The van der Waals surface area contributed by atoms with Gasteiger partial charge in [0, 0.05) is 38.7 Å². The highest BCUT2D eigenvalue weighted by molar-refractivity contribution is 6.84. The monoisotopic (exact) mass is 851 g/mol.